The topological polar surface area (TPSA) is 135 Å². The molecule has 2 aromatic rings. The van der Waals surface area contributed by atoms with Crippen molar-refractivity contribution in [2.24, 2.45) is 0 Å². The zero-order chi connectivity index (χ0) is 20.1. The molecule has 0 aliphatic carbocycles. The number of nitro groups is 1. The molecule has 1 aromatic heterocycles. The van der Waals surface area contributed by atoms with Gasteiger partial charge in [-0.3, -0.25) is 14.9 Å². The number of nitro benzene ring substituents is 1. The number of halogens is 2. The minimum absolute atomic E-state index is 0.0707. The lowest BCUT2D eigenvalue weighted by atomic mass is 10.3. The zero-order valence-corrected chi connectivity index (χ0v) is 15.2. The smallest absolute Gasteiger partial charge is 0.407 e. The Morgan fingerprint density at radius 1 is 1.33 bits per heavy atom. The van der Waals surface area contributed by atoms with Gasteiger partial charge in [-0.2, -0.15) is 0 Å². The van der Waals surface area contributed by atoms with Crippen LogP contribution in [0.3, 0.4) is 0 Å². The largest absolute Gasteiger partial charge is 0.465 e. The van der Waals surface area contributed by atoms with E-state index in [1.807, 2.05) is 0 Å². The van der Waals surface area contributed by atoms with Crippen molar-refractivity contribution >= 4 is 46.7 Å². The Labute approximate surface area is 162 Å². The van der Waals surface area contributed by atoms with E-state index in [2.05, 4.69) is 10.3 Å². The highest BCUT2D eigenvalue weighted by atomic mass is 35.5. The summed E-state index contributed by atoms with van der Waals surface area (Å²) in [5, 5.41) is 21.6. The SMILES string of the molecule is CN(CC(=O)Nc1cc(Oc2ccc([N+](=O)[O-])c(Cl)c2Cl)ccn1)C(=O)O. The van der Waals surface area contributed by atoms with Crippen molar-refractivity contribution in [3.8, 4) is 11.5 Å². The molecule has 0 saturated heterocycles. The number of carbonyl (C=O) groups is 2. The van der Waals surface area contributed by atoms with Gasteiger partial charge in [-0.25, -0.2) is 9.78 Å². The minimum Gasteiger partial charge on any atom is -0.465 e. The molecule has 2 N–H and O–H groups in total. The number of hydrogen-bond acceptors (Lipinski definition) is 6. The molecule has 12 heteroatoms. The highest BCUT2D eigenvalue weighted by molar-refractivity contribution is 6.44. The van der Waals surface area contributed by atoms with E-state index < -0.39 is 16.9 Å². The lowest BCUT2D eigenvalue weighted by Crippen LogP contribution is -2.33. The fourth-order valence-electron chi connectivity index (χ4n) is 1.88. The summed E-state index contributed by atoms with van der Waals surface area (Å²) in [4.78, 5) is 37.4. The first-order chi connectivity index (χ1) is 12.7. The van der Waals surface area contributed by atoms with E-state index in [0.29, 0.717) is 0 Å². The highest BCUT2D eigenvalue weighted by Crippen LogP contribution is 2.40. The van der Waals surface area contributed by atoms with Crippen LogP contribution >= 0.6 is 23.2 Å². The van der Waals surface area contributed by atoms with Crippen LogP contribution in [0.2, 0.25) is 10.0 Å². The Bertz CT molecular complexity index is 908. The summed E-state index contributed by atoms with van der Waals surface area (Å²) in [6.45, 7) is -0.383. The van der Waals surface area contributed by atoms with Crippen LogP contribution in [-0.2, 0) is 4.79 Å². The Hall–Kier alpha value is -3.11. The second-order valence-corrected chi connectivity index (χ2v) is 5.89. The number of nitrogens with zero attached hydrogens (tertiary/aromatic N) is 3. The average molecular weight is 415 g/mol. The third-order valence-electron chi connectivity index (χ3n) is 3.16. The van der Waals surface area contributed by atoms with Crippen LogP contribution in [0.15, 0.2) is 30.5 Å². The van der Waals surface area contributed by atoms with E-state index in [1.54, 1.807) is 0 Å². The van der Waals surface area contributed by atoms with Crippen LogP contribution in [-0.4, -0.2) is 45.5 Å². The van der Waals surface area contributed by atoms with E-state index in [-0.39, 0.29) is 39.6 Å². The number of carboxylic acid groups (broad SMARTS) is 1. The third-order valence-corrected chi connectivity index (χ3v) is 4.01. The van der Waals surface area contributed by atoms with Gasteiger partial charge in [0.15, 0.2) is 0 Å². The van der Waals surface area contributed by atoms with Crippen molar-refractivity contribution in [2.75, 3.05) is 18.9 Å². The molecular formula is C15H12Cl2N4O6. The first kappa shape index (κ1) is 20.2. The molecule has 0 aliphatic heterocycles. The number of hydrogen-bond donors (Lipinski definition) is 2. The quantitative estimate of drug-likeness (QED) is 0.543. The van der Waals surface area contributed by atoms with Crippen molar-refractivity contribution in [1.82, 2.24) is 9.88 Å². The molecule has 1 heterocycles. The van der Waals surface area contributed by atoms with Gasteiger partial charge < -0.3 is 20.1 Å². The van der Waals surface area contributed by atoms with E-state index >= 15 is 0 Å². The predicted octanol–water partition coefficient (Wildman–Crippen LogP) is 3.64. The number of benzene rings is 1. The number of pyridine rings is 1. The number of aromatic nitrogens is 1. The summed E-state index contributed by atoms with van der Waals surface area (Å²) < 4.78 is 5.53. The van der Waals surface area contributed by atoms with Crippen molar-refractivity contribution < 1.29 is 24.4 Å². The molecule has 2 rings (SSSR count). The van der Waals surface area contributed by atoms with E-state index in [9.17, 15) is 19.7 Å². The normalized spacial score (nSPS) is 10.2. The van der Waals surface area contributed by atoms with E-state index in [0.717, 1.165) is 11.0 Å². The molecule has 0 saturated carbocycles. The second kappa shape index (κ2) is 8.52. The van der Waals surface area contributed by atoms with E-state index in [4.69, 9.17) is 33.0 Å². The molecule has 1 aromatic carbocycles. The second-order valence-electron chi connectivity index (χ2n) is 5.13. The number of anilines is 1. The Morgan fingerprint density at radius 2 is 2.04 bits per heavy atom. The average Bonchev–Trinajstić information content (AvgIpc) is 2.58. The third kappa shape index (κ3) is 5.19. The Morgan fingerprint density at radius 3 is 2.67 bits per heavy atom. The van der Waals surface area contributed by atoms with Crippen LogP contribution in [0.4, 0.5) is 16.3 Å². The van der Waals surface area contributed by atoms with Crippen LogP contribution in [0, 0.1) is 10.1 Å². The molecule has 10 nitrogen and oxygen atoms in total. The fourth-order valence-corrected chi connectivity index (χ4v) is 2.30. The van der Waals surface area contributed by atoms with Crippen molar-refractivity contribution in [3.63, 3.8) is 0 Å². The van der Waals surface area contributed by atoms with Gasteiger partial charge in [-0.15, -0.1) is 0 Å². The van der Waals surface area contributed by atoms with Gasteiger partial charge in [0.05, 0.1) is 4.92 Å². The monoisotopic (exact) mass is 414 g/mol. The summed E-state index contributed by atoms with van der Waals surface area (Å²) >= 11 is 11.9. The number of rotatable bonds is 6. The predicted molar refractivity (Wildman–Crippen MR) is 96.7 cm³/mol. The lowest BCUT2D eigenvalue weighted by Gasteiger charge is -2.13. The number of ether oxygens (including phenoxy) is 1. The molecule has 2 amide bonds. The van der Waals surface area contributed by atoms with Crippen LogP contribution in [0.1, 0.15) is 0 Å². The molecule has 0 unspecified atom stereocenters. The lowest BCUT2D eigenvalue weighted by molar-refractivity contribution is -0.384. The highest BCUT2D eigenvalue weighted by Gasteiger charge is 2.19. The molecule has 27 heavy (non-hydrogen) atoms. The van der Waals surface area contributed by atoms with Crippen molar-refractivity contribution in [2.45, 2.75) is 0 Å². The molecule has 0 radical (unpaired) electrons. The number of likely N-dealkylation sites (N-methyl/N-ethyl adjacent to an activating group) is 1. The van der Waals surface area contributed by atoms with Gasteiger partial charge in [0, 0.05) is 25.4 Å². The van der Waals surface area contributed by atoms with Gasteiger partial charge in [0.25, 0.3) is 5.69 Å². The van der Waals surface area contributed by atoms with Gasteiger partial charge in [-0.05, 0) is 12.1 Å². The molecule has 0 bridgehead atoms. The number of carbonyl (C=O) groups excluding carboxylic acids is 1. The van der Waals surface area contributed by atoms with E-state index in [1.165, 1.54) is 31.4 Å². The van der Waals surface area contributed by atoms with Gasteiger partial charge in [0.2, 0.25) is 5.91 Å². The molecule has 0 spiro atoms. The maximum atomic E-state index is 11.8. The summed E-state index contributed by atoms with van der Waals surface area (Å²) in [6, 6.07) is 5.26. The molecule has 142 valence electrons. The zero-order valence-electron chi connectivity index (χ0n) is 13.7. The summed E-state index contributed by atoms with van der Waals surface area (Å²) in [6.07, 6.45) is 0.0899. The van der Waals surface area contributed by atoms with Gasteiger partial charge in [0.1, 0.15) is 33.9 Å². The maximum Gasteiger partial charge on any atom is 0.407 e. The van der Waals surface area contributed by atoms with Crippen molar-refractivity contribution in [3.05, 3.63) is 50.6 Å². The first-order valence-corrected chi connectivity index (χ1v) is 7.95. The van der Waals surface area contributed by atoms with Crippen molar-refractivity contribution in [1.29, 1.82) is 0 Å². The van der Waals surface area contributed by atoms with Crippen LogP contribution < -0.4 is 10.1 Å². The summed E-state index contributed by atoms with van der Waals surface area (Å²) in [5.41, 5.74) is -0.362. The number of nitrogens with one attached hydrogen (secondary N) is 1. The minimum atomic E-state index is -1.25. The molecule has 0 fully saturated rings. The molecule has 0 atom stereocenters. The summed E-state index contributed by atoms with van der Waals surface area (Å²) in [5.74, 6) is -0.193. The maximum absolute atomic E-state index is 11.8. The van der Waals surface area contributed by atoms with Gasteiger partial charge in [-0.1, -0.05) is 23.2 Å². The number of amides is 2. The Kier molecular flexibility index (Phi) is 6.37. The summed E-state index contributed by atoms with van der Waals surface area (Å²) in [7, 11) is 1.25. The van der Waals surface area contributed by atoms with Crippen LogP contribution in [0.5, 0.6) is 11.5 Å². The van der Waals surface area contributed by atoms with Gasteiger partial charge >= 0.3 is 6.09 Å². The Balaban J connectivity index is 2.14. The first-order valence-electron chi connectivity index (χ1n) is 7.19. The molecule has 0 aliphatic rings. The standard InChI is InChI=1S/C15H12Cl2N4O6/c1-20(15(23)24)7-12(22)19-11-6-8(4-5-18-11)27-10-3-2-9(21(25)26)13(16)14(10)17/h2-6H,7H2,1H3,(H,23,24)(H,18,19,22). The fraction of sp³-hybridized carbons (Fsp3) is 0.133. The molecular weight excluding hydrogens is 403 g/mol. The van der Waals surface area contributed by atoms with Crippen LogP contribution in [0.25, 0.3) is 0 Å².